The van der Waals surface area contributed by atoms with E-state index in [9.17, 15) is 9.59 Å². The lowest BCUT2D eigenvalue weighted by Crippen LogP contribution is -2.29. The minimum Gasteiger partial charge on any atom is -0.341 e. The number of aromatic nitrogens is 4. The molecular weight excluding hydrogens is 434 g/mol. The minimum atomic E-state index is -0.480. The third-order valence-electron chi connectivity index (χ3n) is 4.82. The summed E-state index contributed by atoms with van der Waals surface area (Å²) in [6, 6.07) is 17.9. The van der Waals surface area contributed by atoms with Gasteiger partial charge < -0.3 is 4.90 Å². The lowest BCUT2D eigenvalue weighted by molar-refractivity contribution is 0.762. The van der Waals surface area contributed by atoms with Crippen molar-refractivity contribution >= 4 is 33.0 Å². The van der Waals surface area contributed by atoms with E-state index in [4.69, 9.17) is 0 Å². The van der Waals surface area contributed by atoms with Gasteiger partial charge >= 0.3 is 5.69 Å². The number of aromatic amines is 1. The highest BCUT2D eigenvalue weighted by molar-refractivity contribution is 9.10. The Bertz CT molecular complexity index is 1290. The van der Waals surface area contributed by atoms with Crippen LogP contribution in [0.4, 0.5) is 5.95 Å². The Hall–Kier alpha value is -3.13. The van der Waals surface area contributed by atoms with Crippen molar-refractivity contribution in [3.63, 3.8) is 0 Å². The van der Waals surface area contributed by atoms with Gasteiger partial charge in [0.15, 0.2) is 11.2 Å². The molecule has 0 saturated carbocycles. The summed E-state index contributed by atoms with van der Waals surface area (Å²) in [6.45, 7) is 1.07. The molecular formula is C21H20BrN5O2. The number of halogens is 1. The second-order valence-electron chi connectivity index (χ2n) is 6.96. The third kappa shape index (κ3) is 3.75. The number of aryl methyl sites for hydroxylation is 1. The van der Waals surface area contributed by atoms with Crippen LogP contribution in [0.5, 0.6) is 0 Å². The van der Waals surface area contributed by atoms with Crippen LogP contribution in [0, 0.1) is 0 Å². The fourth-order valence-electron chi connectivity index (χ4n) is 3.41. The molecule has 2 heterocycles. The maximum Gasteiger partial charge on any atom is 0.329 e. The summed E-state index contributed by atoms with van der Waals surface area (Å²) < 4.78 is 4.19. The molecule has 0 aliphatic heterocycles. The summed E-state index contributed by atoms with van der Waals surface area (Å²) in [6.07, 6.45) is 0. The molecule has 29 heavy (non-hydrogen) atoms. The molecule has 0 fully saturated rings. The van der Waals surface area contributed by atoms with Crippen molar-refractivity contribution in [3.05, 3.63) is 91.0 Å². The number of anilines is 1. The average Bonchev–Trinajstić information content (AvgIpc) is 3.07. The number of hydrogen-bond acceptors (Lipinski definition) is 4. The molecule has 0 aliphatic carbocycles. The Morgan fingerprint density at radius 2 is 1.79 bits per heavy atom. The summed E-state index contributed by atoms with van der Waals surface area (Å²) >= 11 is 3.49. The van der Waals surface area contributed by atoms with E-state index < -0.39 is 11.2 Å². The number of imidazole rings is 1. The highest BCUT2D eigenvalue weighted by atomic mass is 79.9. The molecule has 7 nitrogen and oxygen atoms in total. The Balaban J connectivity index is 1.88. The zero-order chi connectivity index (χ0) is 20.5. The first-order valence-electron chi connectivity index (χ1n) is 9.13. The summed E-state index contributed by atoms with van der Waals surface area (Å²) in [4.78, 5) is 33.8. The Morgan fingerprint density at radius 3 is 2.52 bits per heavy atom. The van der Waals surface area contributed by atoms with Crippen LogP contribution in [0.15, 0.2) is 68.7 Å². The molecule has 0 unspecified atom stereocenters. The molecule has 0 aliphatic rings. The van der Waals surface area contributed by atoms with Crippen LogP contribution in [0.3, 0.4) is 0 Å². The lowest BCUT2D eigenvalue weighted by Gasteiger charge is -2.20. The molecule has 1 N–H and O–H groups in total. The maximum atomic E-state index is 12.7. The van der Waals surface area contributed by atoms with Gasteiger partial charge in [-0.2, -0.15) is 4.98 Å². The molecule has 148 valence electrons. The van der Waals surface area contributed by atoms with Crippen LogP contribution < -0.4 is 16.1 Å². The van der Waals surface area contributed by atoms with Crippen LogP contribution in [0.1, 0.15) is 11.1 Å². The molecule has 4 rings (SSSR count). The van der Waals surface area contributed by atoms with E-state index in [1.807, 2.05) is 71.1 Å². The molecule has 0 radical (unpaired) electrons. The Morgan fingerprint density at radius 1 is 1.07 bits per heavy atom. The number of benzene rings is 2. The van der Waals surface area contributed by atoms with E-state index in [1.165, 1.54) is 4.57 Å². The van der Waals surface area contributed by atoms with E-state index >= 15 is 0 Å². The third-order valence-corrected chi connectivity index (χ3v) is 5.31. The van der Waals surface area contributed by atoms with Gasteiger partial charge in [0, 0.05) is 25.1 Å². The quantitative estimate of drug-likeness (QED) is 0.503. The second kappa shape index (κ2) is 7.71. The molecule has 0 atom stereocenters. The largest absolute Gasteiger partial charge is 0.341 e. The van der Waals surface area contributed by atoms with E-state index in [-0.39, 0.29) is 0 Å². The summed E-state index contributed by atoms with van der Waals surface area (Å²) in [5, 5.41) is 0. The van der Waals surface area contributed by atoms with Crippen molar-refractivity contribution in [1.29, 1.82) is 0 Å². The van der Waals surface area contributed by atoms with Crippen LogP contribution in [0.25, 0.3) is 11.2 Å². The van der Waals surface area contributed by atoms with Gasteiger partial charge in [0.05, 0.1) is 6.54 Å². The molecule has 2 aromatic heterocycles. The van der Waals surface area contributed by atoms with Crippen LogP contribution in [0.2, 0.25) is 0 Å². The first-order valence-corrected chi connectivity index (χ1v) is 9.92. The normalized spacial score (nSPS) is 11.1. The highest BCUT2D eigenvalue weighted by Crippen LogP contribution is 2.23. The average molecular weight is 454 g/mol. The second-order valence-corrected chi connectivity index (χ2v) is 7.88. The van der Waals surface area contributed by atoms with Crippen LogP contribution in [-0.4, -0.2) is 26.1 Å². The number of nitrogens with one attached hydrogen (secondary N) is 1. The fraction of sp³-hybridized carbons (Fsp3) is 0.190. The number of H-pyrrole nitrogens is 1. The fourth-order valence-corrected chi connectivity index (χ4v) is 3.86. The van der Waals surface area contributed by atoms with Crippen LogP contribution in [-0.2, 0) is 20.1 Å². The van der Waals surface area contributed by atoms with Gasteiger partial charge in [0.25, 0.3) is 5.56 Å². The van der Waals surface area contributed by atoms with E-state index in [1.54, 1.807) is 7.05 Å². The lowest BCUT2D eigenvalue weighted by atomic mass is 10.2. The Kier molecular flexibility index (Phi) is 5.10. The number of nitrogens with zero attached hydrogens (tertiary/aromatic N) is 4. The standard InChI is InChI=1S/C21H20BrN5O2/c1-25(12-14-7-4-3-5-8-14)20-23-18-17(19(28)24-21(29)26(18)2)27(20)13-15-9-6-10-16(22)11-15/h3-11H,12-13H2,1-2H3,(H,24,28,29). The summed E-state index contributed by atoms with van der Waals surface area (Å²) in [5.41, 5.74) is 1.96. The van der Waals surface area contributed by atoms with Crippen molar-refractivity contribution in [2.24, 2.45) is 7.05 Å². The maximum absolute atomic E-state index is 12.7. The van der Waals surface area contributed by atoms with Crippen molar-refractivity contribution in [3.8, 4) is 0 Å². The monoisotopic (exact) mass is 453 g/mol. The first-order chi connectivity index (χ1) is 13.9. The van der Waals surface area contributed by atoms with Crippen molar-refractivity contribution in [2.45, 2.75) is 13.1 Å². The molecule has 0 spiro atoms. The topological polar surface area (TPSA) is 75.9 Å². The molecule has 8 heteroatoms. The van der Waals surface area contributed by atoms with E-state index in [0.717, 1.165) is 15.6 Å². The predicted molar refractivity (Wildman–Crippen MR) is 117 cm³/mol. The number of fused-ring (bicyclic) bond motifs is 1. The van der Waals surface area contributed by atoms with Crippen molar-refractivity contribution in [1.82, 2.24) is 19.1 Å². The highest BCUT2D eigenvalue weighted by Gasteiger charge is 2.20. The van der Waals surface area contributed by atoms with Gasteiger partial charge in [-0.15, -0.1) is 0 Å². The first kappa shape index (κ1) is 19.2. The van der Waals surface area contributed by atoms with Gasteiger partial charge in [-0.05, 0) is 23.3 Å². The molecule has 2 aromatic carbocycles. The number of rotatable bonds is 5. The summed E-state index contributed by atoms with van der Waals surface area (Å²) in [7, 11) is 3.54. The van der Waals surface area contributed by atoms with Gasteiger partial charge in [-0.3, -0.25) is 18.9 Å². The SMILES string of the molecule is CN(Cc1ccccc1)c1nc2c(c(=O)[nH]c(=O)n2C)n1Cc1cccc(Br)c1. The summed E-state index contributed by atoms with van der Waals surface area (Å²) in [5.74, 6) is 0.621. The molecule has 0 saturated heterocycles. The molecule has 4 aromatic rings. The van der Waals surface area contributed by atoms with Gasteiger partial charge in [-0.1, -0.05) is 58.4 Å². The minimum absolute atomic E-state index is 0.364. The molecule has 0 bridgehead atoms. The van der Waals surface area contributed by atoms with Gasteiger partial charge in [0.2, 0.25) is 5.95 Å². The van der Waals surface area contributed by atoms with Crippen molar-refractivity contribution in [2.75, 3.05) is 11.9 Å². The van der Waals surface area contributed by atoms with E-state index in [2.05, 4.69) is 25.9 Å². The van der Waals surface area contributed by atoms with Crippen molar-refractivity contribution < 1.29 is 0 Å². The Labute approximate surface area is 175 Å². The molecule has 0 amide bonds. The zero-order valence-corrected chi connectivity index (χ0v) is 17.7. The predicted octanol–water partition coefficient (Wildman–Crippen LogP) is 2.87. The van der Waals surface area contributed by atoms with Gasteiger partial charge in [-0.25, -0.2) is 4.79 Å². The smallest absolute Gasteiger partial charge is 0.329 e. The number of hydrogen-bond donors (Lipinski definition) is 1. The van der Waals surface area contributed by atoms with E-state index in [0.29, 0.717) is 30.2 Å². The zero-order valence-electron chi connectivity index (χ0n) is 16.1. The van der Waals surface area contributed by atoms with Gasteiger partial charge in [0.1, 0.15) is 0 Å². The van der Waals surface area contributed by atoms with Crippen LogP contribution >= 0.6 is 15.9 Å².